The van der Waals surface area contributed by atoms with Crippen molar-refractivity contribution in [2.45, 2.75) is 38.5 Å². The number of aryl methyl sites for hydroxylation is 1. The smallest absolute Gasteiger partial charge is 0.253 e. The second-order valence-corrected chi connectivity index (χ2v) is 11.4. The minimum absolute atomic E-state index is 0.00205. The summed E-state index contributed by atoms with van der Waals surface area (Å²) in [5.41, 5.74) is 2.09. The Kier molecular flexibility index (Phi) is 10.2. The number of halogens is 3. The van der Waals surface area contributed by atoms with Crippen LogP contribution in [-0.2, 0) is 11.3 Å². The average Bonchev–Trinajstić information content (AvgIpc) is 3.20. The minimum Gasteiger partial charge on any atom is -0.342 e. The number of hydrogen-bond donors (Lipinski definition) is 2. The van der Waals surface area contributed by atoms with E-state index >= 15 is 0 Å². The van der Waals surface area contributed by atoms with Crippen molar-refractivity contribution in [1.29, 1.82) is 0 Å². The van der Waals surface area contributed by atoms with E-state index in [9.17, 15) is 9.59 Å². The van der Waals surface area contributed by atoms with E-state index in [1.54, 1.807) is 18.2 Å². The predicted molar refractivity (Wildman–Crippen MR) is 155 cm³/mol. The molecule has 1 aromatic heterocycles. The van der Waals surface area contributed by atoms with Gasteiger partial charge in [-0.25, -0.2) is 0 Å². The van der Waals surface area contributed by atoms with Crippen molar-refractivity contribution in [3.05, 3.63) is 79.6 Å². The van der Waals surface area contributed by atoms with Crippen molar-refractivity contribution in [3.63, 3.8) is 0 Å². The molecule has 2 aromatic carbocycles. The molecular formula is C25H26Cl2IN5O2S. The Morgan fingerprint density at radius 3 is 2.58 bits per heavy atom. The van der Waals surface area contributed by atoms with E-state index in [2.05, 4.69) is 50.0 Å². The zero-order valence-corrected chi connectivity index (χ0v) is 24.5. The van der Waals surface area contributed by atoms with Gasteiger partial charge in [-0.1, -0.05) is 54.9 Å². The molecular weight excluding hydrogens is 632 g/mol. The summed E-state index contributed by atoms with van der Waals surface area (Å²) in [4.78, 5) is 25.6. The summed E-state index contributed by atoms with van der Waals surface area (Å²) in [5.74, 6) is 0.229. The first kappa shape index (κ1) is 28.5. The summed E-state index contributed by atoms with van der Waals surface area (Å²) in [7, 11) is 0. The maximum absolute atomic E-state index is 13.0. The normalized spacial score (nSPS) is 11.9. The average molecular weight is 658 g/mol. The van der Waals surface area contributed by atoms with Gasteiger partial charge in [-0.15, -0.1) is 16.8 Å². The molecule has 0 radical (unpaired) electrons. The van der Waals surface area contributed by atoms with Gasteiger partial charge in [-0.05, 0) is 77.4 Å². The molecule has 3 aromatic rings. The Bertz CT molecular complexity index is 1280. The van der Waals surface area contributed by atoms with Crippen molar-refractivity contribution < 1.29 is 9.59 Å². The molecule has 0 spiro atoms. The number of carbonyl (C=O) groups is 2. The second kappa shape index (κ2) is 12.9. The number of nitrogens with zero attached hydrogens (tertiary/aromatic N) is 3. The third kappa shape index (κ3) is 7.24. The Morgan fingerprint density at radius 2 is 1.94 bits per heavy atom. The van der Waals surface area contributed by atoms with Gasteiger partial charge < -0.3 is 15.2 Å². The Morgan fingerprint density at radius 1 is 1.19 bits per heavy atom. The summed E-state index contributed by atoms with van der Waals surface area (Å²) in [6.07, 6.45) is 1.72. The zero-order valence-electron chi connectivity index (χ0n) is 20.0. The van der Waals surface area contributed by atoms with Crippen molar-refractivity contribution in [2.24, 2.45) is 5.92 Å². The molecule has 0 saturated heterocycles. The molecule has 36 heavy (non-hydrogen) atoms. The highest BCUT2D eigenvalue weighted by Crippen LogP contribution is 2.27. The Labute approximate surface area is 238 Å². The van der Waals surface area contributed by atoms with E-state index in [0.717, 1.165) is 14.8 Å². The highest BCUT2D eigenvalue weighted by molar-refractivity contribution is 14.1. The highest BCUT2D eigenvalue weighted by Gasteiger charge is 2.27. The fourth-order valence-electron chi connectivity index (χ4n) is 3.44. The van der Waals surface area contributed by atoms with E-state index in [4.69, 9.17) is 23.2 Å². The first-order chi connectivity index (χ1) is 17.1. The Balaban J connectivity index is 1.77. The van der Waals surface area contributed by atoms with Crippen molar-refractivity contribution in [3.8, 4) is 0 Å². The monoisotopic (exact) mass is 657 g/mol. The number of amides is 2. The molecule has 2 amide bonds. The van der Waals surface area contributed by atoms with Gasteiger partial charge in [0.15, 0.2) is 11.0 Å². The van der Waals surface area contributed by atoms with Gasteiger partial charge >= 0.3 is 0 Å². The first-order valence-electron chi connectivity index (χ1n) is 11.1. The topological polar surface area (TPSA) is 88.9 Å². The Hall–Kier alpha value is -2.08. The molecule has 0 aliphatic rings. The van der Waals surface area contributed by atoms with Gasteiger partial charge in [0, 0.05) is 20.8 Å². The van der Waals surface area contributed by atoms with E-state index in [-0.39, 0.29) is 28.5 Å². The fraction of sp³-hybridized carbons (Fsp3) is 0.280. The van der Waals surface area contributed by atoms with Gasteiger partial charge in [-0.3, -0.25) is 9.59 Å². The van der Waals surface area contributed by atoms with Crippen LogP contribution in [0.4, 0.5) is 5.69 Å². The van der Waals surface area contributed by atoms with Crippen LogP contribution in [0.2, 0.25) is 10.0 Å². The summed E-state index contributed by atoms with van der Waals surface area (Å²) in [5, 5.41) is 15.9. The fourth-order valence-corrected chi connectivity index (χ4v) is 5.34. The number of allylic oxidation sites excluding steroid dienone is 1. The highest BCUT2D eigenvalue weighted by atomic mass is 127. The van der Waals surface area contributed by atoms with Crippen LogP contribution in [0.25, 0.3) is 0 Å². The molecule has 3 rings (SSSR count). The SMILES string of the molecule is C=CCn1c(SCC(=O)Nc2ccc(I)cc2C)nnc1[C@H](NC(=O)c1ccc(Cl)cc1Cl)C(C)C. The van der Waals surface area contributed by atoms with Crippen molar-refractivity contribution in [2.75, 3.05) is 11.1 Å². The van der Waals surface area contributed by atoms with Crippen LogP contribution in [0.15, 0.2) is 54.2 Å². The van der Waals surface area contributed by atoms with Crippen LogP contribution in [0.5, 0.6) is 0 Å². The molecule has 190 valence electrons. The van der Waals surface area contributed by atoms with Crippen LogP contribution in [0, 0.1) is 16.4 Å². The molecule has 1 heterocycles. The largest absolute Gasteiger partial charge is 0.342 e. The molecule has 11 heteroatoms. The van der Waals surface area contributed by atoms with Gasteiger partial charge in [0.2, 0.25) is 5.91 Å². The number of carbonyl (C=O) groups excluding carboxylic acids is 2. The van der Waals surface area contributed by atoms with E-state index in [0.29, 0.717) is 28.1 Å². The molecule has 2 N–H and O–H groups in total. The zero-order chi connectivity index (χ0) is 26.4. The number of benzene rings is 2. The van der Waals surface area contributed by atoms with Gasteiger partial charge in [0.1, 0.15) is 0 Å². The standard InChI is InChI=1S/C25H26Cl2IN5O2S/c1-5-10-33-23(22(14(2)3)30-24(35)18-8-6-16(26)12-19(18)27)31-32-25(33)36-13-21(34)29-20-9-7-17(28)11-15(20)4/h5-9,11-12,14,22H,1,10,13H2,2-4H3,(H,29,34)(H,30,35)/t22-/m1/s1. The van der Waals surface area contributed by atoms with Gasteiger partial charge in [-0.2, -0.15) is 0 Å². The van der Waals surface area contributed by atoms with Crippen LogP contribution in [-0.4, -0.2) is 32.3 Å². The number of anilines is 1. The van der Waals surface area contributed by atoms with Crippen LogP contribution in [0.1, 0.15) is 41.6 Å². The molecule has 1 atom stereocenters. The molecule has 0 unspecified atom stereocenters. The summed E-state index contributed by atoms with van der Waals surface area (Å²) < 4.78 is 2.96. The third-order valence-electron chi connectivity index (χ3n) is 5.26. The molecule has 0 fully saturated rings. The lowest BCUT2D eigenvalue weighted by Gasteiger charge is -2.23. The molecule has 0 aliphatic carbocycles. The number of hydrogen-bond acceptors (Lipinski definition) is 5. The maximum atomic E-state index is 13.0. The second-order valence-electron chi connectivity index (χ2n) is 8.36. The maximum Gasteiger partial charge on any atom is 0.253 e. The van der Waals surface area contributed by atoms with Gasteiger partial charge in [0.25, 0.3) is 5.91 Å². The quantitative estimate of drug-likeness (QED) is 0.147. The minimum atomic E-state index is -0.450. The molecule has 0 bridgehead atoms. The number of thioether (sulfide) groups is 1. The van der Waals surface area contributed by atoms with E-state index < -0.39 is 6.04 Å². The van der Waals surface area contributed by atoms with Crippen LogP contribution < -0.4 is 10.6 Å². The number of rotatable bonds is 10. The first-order valence-corrected chi connectivity index (χ1v) is 13.9. The van der Waals surface area contributed by atoms with Crippen LogP contribution in [0.3, 0.4) is 0 Å². The van der Waals surface area contributed by atoms with E-state index in [1.807, 2.05) is 43.5 Å². The summed E-state index contributed by atoms with van der Waals surface area (Å²) >= 11 is 15.7. The predicted octanol–water partition coefficient (Wildman–Crippen LogP) is 6.54. The van der Waals surface area contributed by atoms with Crippen molar-refractivity contribution >= 4 is 75.1 Å². The number of aromatic nitrogens is 3. The lowest BCUT2D eigenvalue weighted by molar-refractivity contribution is -0.113. The number of nitrogens with one attached hydrogen (secondary N) is 2. The summed E-state index contributed by atoms with van der Waals surface area (Å²) in [6.45, 7) is 10.2. The lowest BCUT2D eigenvalue weighted by Crippen LogP contribution is -2.34. The van der Waals surface area contributed by atoms with Crippen molar-refractivity contribution in [1.82, 2.24) is 20.1 Å². The third-order valence-corrected chi connectivity index (χ3v) is 7.44. The molecule has 0 saturated carbocycles. The molecule has 7 nitrogen and oxygen atoms in total. The van der Waals surface area contributed by atoms with Gasteiger partial charge in [0.05, 0.1) is 22.4 Å². The lowest BCUT2D eigenvalue weighted by atomic mass is 10.0. The summed E-state index contributed by atoms with van der Waals surface area (Å²) in [6, 6.07) is 10.1. The van der Waals surface area contributed by atoms with E-state index in [1.165, 1.54) is 17.8 Å². The molecule has 0 aliphatic heterocycles. The van der Waals surface area contributed by atoms with Crippen LogP contribution >= 0.6 is 57.6 Å².